The number of hydrogen-bond acceptors (Lipinski definition) is 7. The maximum atomic E-state index is 13.1. The number of aromatic nitrogens is 2. The molecule has 0 unspecified atom stereocenters. The van der Waals surface area contributed by atoms with Crippen molar-refractivity contribution in [2.24, 2.45) is 0 Å². The number of amides is 1. The van der Waals surface area contributed by atoms with Gasteiger partial charge in [0.1, 0.15) is 23.9 Å². The van der Waals surface area contributed by atoms with Crippen LogP contribution in [-0.2, 0) is 24.4 Å². The normalized spacial score (nSPS) is 13.1. The average Bonchev–Trinajstić information content (AvgIpc) is 3.13. The van der Waals surface area contributed by atoms with E-state index in [1.54, 1.807) is 18.3 Å². The number of para-hydroxylation sites is 1. The fourth-order valence-electron chi connectivity index (χ4n) is 6.00. The SMILES string of the molecule is Cc1cccc(COc2ccc(Oc3c(C)cc(C=CC(=O)N4CCN(Cc5ccc(CCOc6ccccc6Cl)cc5)CC4)cc3C)nc2)n1.Cl. The van der Waals surface area contributed by atoms with Gasteiger partial charge >= 0.3 is 0 Å². The Balaban J connectivity index is 0.00000523. The van der Waals surface area contributed by atoms with E-state index in [0.29, 0.717) is 48.7 Å². The minimum atomic E-state index is 0. The third-order valence-corrected chi connectivity index (χ3v) is 9.06. The summed E-state index contributed by atoms with van der Waals surface area (Å²) in [5, 5.41) is 0.629. The molecule has 3 heterocycles. The molecule has 52 heavy (non-hydrogen) atoms. The summed E-state index contributed by atoms with van der Waals surface area (Å²) in [7, 11) is 0. The second-order valence-corrected chi connectivity index (χ2v) is 13.2. The number of rotatable bonds is 13. The van der Waals surface area contributed by atoms with Crippen LogP contribution in [0.5, 0.6) is 23.1 Å². The summed E-state index contributed by atoms with van der Waals surface area (Å²) in [6.45, 7) is 10.8. The van der Waals surface area contributed by atoms with Crippen LogP contribution in [0.2, 0.25) is 5.02 Å². The van der Waals surface area contributed by atoms with E-state index in [-0.39, 0.29) is 18.3 Å². The number of hydrogen-bond donors (Lipinski definition) is 0. The lowest BCUT2D eigenvalue weighted by atomic mass is 10.1. The topological polar surface area (TPSA) is 77.0 Å². The summed E-state index contributed by atoms with van der Waals surface area (Å²) in [5.74, 6) is 2.61. The molecule has 5 aromatic rings. The summed E-state index contributed by atoms with van der Waals surface area (Å²) in [4.78, 5) is 26.3. The molecule has 0 spiro atoms. The molecule has 1 aliphatic rings. The van der Waals surface area contributed by atoms with E-state index in [9.17, 15) is 4.79 Å². The van der Waals surface area contributed by atoms with Crippen LogP contribution in [0.25, 0.3) is 6.08 Å². The molecule has 0 N–H and O–H groups in total. The van der Waals surface area contributed by atoms with Gasteiger partial charge in [-0.05, 0) is 97.1 Å². The number of piperazine rings is 1. The summed E-state index contributed by atoms with van der Waals surface area (Å²) in [6.07, 6.45) is 6.02. The highest BCUT2D eigenvalue weighted by molar-refractivity contribution is 6.32. The van der Waals surface area contributed by atoms with Gasteiger partial charge in [0.15, 0.2) is 0 Å². The van der Waals surface area contributed by atoms with Gasteiger partial charge in [-0.2, -0.15) is 0 Å². The Bertz CT molecular complexity index is 1940. The molecule has 0 saturated carbocycles. The van der Waals surface area contributed by atoms with Gasteiger partial charge in [0.25, 0.3) is 0 Å². The minimum absolute atomic E-state index is 0. The summed E-state index contributed by atoms with van der Waals surface area (Å²) in [6, 6.07) is 29.7. The first-order valence-corrected chi connectivity index (χ1v) is 17.6. The summed E-state index contributed by atoms with van der Waals surface area (Å²) < 4.78 is 17.8. The molecule has 0 aliphatic carbocycles. The highest BCUT2D eigenvalue weighted by Gasteiger charge is 2.20. The van der Waals surface area contributed by atoms with Gasteiger partial charge in [0.2, 0.25) is 11.8 Å². The average molecular weight is 740 g/mol. The molecule has 8 nitrogen and oxygen atoms in total. The second-order valence-electron chi connectivity index (χ2n) is 12.8. The van der Waals surface area contributed by atoms with Crippen molar-refractivity contribution >= 4 is 36.0 Å². The molecular formula is C42H44Cl2N4O4. The van der Waals surface area contributed by atoms with Crippen LogP contribution in [-0.4, -0.2) is 58.5 Å². The van der Waals surface area contributed by atoms with Gasteiger partial charge in [-0.25, -0.2) is 4.98 Å². The predicted octanol–water partition coefficient (Wildman–Crippen LogP) is 8.83. The van der Waals surface area contributed by atoms with E-state index >= 15 is 0 Å². The summed E-state index contributed by atoms with van der Waals surface area (Å²) >= 11 is 6.18. The van der Waals surface area contributed by atoms with E-state index in [0.717, 1.165) is 59.9 Å². The van der Waals surface area contributed by atoms with Crippen LogP contribution >= 0.6 is 24.0 Å². The number of pyridine rings is 2. The van der Waals surface area contributed by atoms with Crippen molar-refractivity contribution in [2.45, 2.75) is 40.3 Å². The Hall–Kier alpha value is -4.89. The smallest absolute Gasteiger partial charge is 0.246 e. The number of halogens is 2. The third-order valence-electron chi connectivity index (χ3n) is 8.75. The molecule has 2 aromatic heterocycles. The zero-order chi connectivity index (χ0) is 35.6. The Morgan fingerprint density at radius 1 is 0.846 bits per heavy atom. The number of carbonyl (C=O) groups is 1. The summed E-state index contributed by atoms with van der Waals surface area (Å²) in [5.41, 5.74) is 7.17. The molecule has 270 valence electrons. The quantitative estimate of drug-likeness (QED) is 0.112. The lowest BCUT2D eigenvalue weighted by molar-refractivity contribution is -0.127. The van der Waals surface area contributed by atoms with Crippen LogP contribution in [0.3, 0.4) is 0 Å². The van der Waals surface area contributed by atoms with Crippen LogP contribution in [0, 0.1) is 20.8 Å². The highest BCUT2D eigenvalue weighted by atomic mass is 35.5. The first kappa shape index (κ1) is 38.3. The van der Waals surface area contributed by atoms with Crippen molar-refractivity contribution in [3.8, 4) is 23.1 Å². The van der Waals surface area contributed by atoms with E-state index in [1.165, 1.54) is 11.1 Å². The Morgan fingerprint density at radius 2 is 1.58 bits per heavy atom. The number of nitrogens with zero attached hydrogens (tertiary/aromatic N) is 4. The molecule has 3 aromatic carbocycles. The van der Waals surface area contributed by atoms with Gasteiger partial charge in [-0.15, -0.1) is 12.4 Å². The molecule has 10 heteroatoms. The molecule has 0 radical (unpaired) electrons. The molecule has 1 aliphatic heterocycles. The molecule has 1 amide bonds. The van der Waals surface area contributed by atoms with Gasteiger partial charge < -0.3 is 19.1 Å². The Labute approximate surface area is 317 Å². The molecule has 0 atom stereocenters. The van der Waals surface area contributed by atoms with Crippen LogP contribution in [0.4, 0.5) is 0 Å². The van der Waals surface area contributed by atoms with Gasteiger partial charge in [-0.3, -0.25) is 14.7 Å². The Kier molecular flexibility index (Phi) is 13.7. The number of benzene rings is 3. The lowest BCUT2D eigenvalue weighted by Gasteiger charge is -2.34. The monoisotopic (exact) mass is 738 g/mol. The molecular weight excluding hydrogens is 695 g/mol. The van der Waals surface area contributed by atoms with E-state index in [2.05, 4.69) is 39.1 Å². The molecule has 0 bridgehead atoms. The lowest BCUT2D eigenvalue weighted by Crippen LogP contribution is -2.47. The van der Waals surface area contributed by atoms with Crippen LogP contribution in [0.1, 0.15) is 39.2 Å². The second kappa shape index (κ2) is 18.6. The van der Waals surface area contributed by atoms with Gasteiger partial charge in [0.05, 0.1) is 23.5 Å². The first-order chi connectivity index (χ1) is 24.8. The van der Waals surface area contributed by atoms with E-state index < -0.39 is 0 Å². The maximum absolute atomic E-state index is 13.1. The number of ether oxygens (including phenoxy) is 3. The third kappa shape index (κ3) is 10.8. The van der Waals surface area contributed by atoms with Crippen molar-refractivity contribution in [3.63, 3.8) is 0 Å². The molecule has 1 saturated heterocycles. The van der Waals surface area contributed by atoms with Gasteiger partial charge in [-0.1, -0.05) is 54.1 Å². The zero-order valence-corrected chi connectivity index (χ0v) is 31.3. The van der Waals surface area contributed by atoms with E-state index in [4.69, 9.17) is 25.8 Å². The van der Waals surface area contributed by atoms with E-state index in [1.807, 2.05) is 92.4 Å². The van der Waals surface area contributed by atoms with Crippen LogP contribution < -0.4 is 14.2 Å². The minimum Gasteiger partial charge on any atom is -0.492 e. The van der Waals surface area contributed by atoms with Crippen molar-refractivity contribution < 1.29 is 19.0 Å². The van der Waals surface area contributed by atoms with Crippen molar-refractivity contribution in [1.82, 2.24) is 19.8 Å². The van der Waals surface area contributed by atoms with Crippen molar-refractivity contribution in [3.05, 3.63) is 147 Å². The van der Waals surface area contributed by atoms with Crippen LogP contribution in [0.15, 0.2) is 103 Å². The molecule has 1 fully saturated rings. The van der Waals surface area contributed by atoms with Crippen molar-refractivity contribution in [1.29, 1.82) is 0 Å². The largest absolute Gasteiger partial charge is 0.492 e. The first-order valence-electron chi connectivity index (χ1n) is 17.2. The zero-order valence-electron chi connectivity index (χ0n) is 29.8. The standard InChI is InChI=1S/C42H43ClN4O4.ClH/c1-30-25-35(26-31(2)42(30)51-40-17-16-37(27-44-40)50-29-36-8-6-7-32(3)45-36)15-18-41(48)47-22-20-46(21-23-47)28-34-13-11-33(12-14-34)19-24-49-39-10-5-4-9-38(39)43;/h4-18,25-27H,19-24,28-29H2,1-3H3;1H. The highest BCUT2D eigenvalue weighted by Crippen LogP contribution is 2.30. The van der Waals surface area contributed by atoms with Gasteiger partial charge in [0, 0.05) is 57.0 Å². The molecule has 6 rings (SSSR count). The fraction of sp³-hybridized carbons (Fsp3) is 0.262. The number of aryl methyl sites for hydroxylation is 3. The number of carbonyl (C=O) groups excluding carboxylic acids is 1. The Morgan fingerprint density at radius 3 is 2.27 bits per heavy atom. The van der Waals surface area contributed by atoms with Crippen molar-refractivity contribution in [2.75, 3.05) is 32.8 Å². The predicted molar refractivity (Wildman–Crippen MR) is 209 cm³/mol. The maximum Gasteiger partial charge on any atom is 0.246 e. The fourth-order valence-corrected chi connectivity index (χ4v) is 6.19.